The molecule has 0 spiro atoms. The lowest BCUT2D eigenvalue weighted by Crippen LogP contribution is -2.47. The predicted octanol–water partition coefficient (Wildman–Crippen LogP) is 2.28. The van der Waals surface area contributed by atoms with Crippen LogP contribution in [-0.4, -0.2) is 61.3 Å². The average molecular weight is 341 g/mol. The van der Waals surface area contributed by atoms with Gasteiger partial charge in [-0.2, -0.15) is 16.1 Å². The van der Waals surface area contributed by atoms with E-state index in [1.165, 1.54) is 12.8 Å². The Morgan fingerprint density at radius 2 is 1.77 bits per heavy atom. The van der Waals surface area contributed by atoms with Crippen molar-refractivity contribution in [3.05, 3.63) is 30.3 Å². The van der Waals surface area contributed by atoms with E-state index >= 15 is 0 Å². The van der Waals surface area contributed by atoms with Crippen LogP contribution in [-0.2, 0) is 10.0 Å². The van der Waals surface area contributed by atoms with Crippen LogP contribution in [0.15, 0.2) is 35.2 Å². The quantitative estimate of drug-likeness (QED) is 0.843. The van der Waals surface area contributed by atoms with Gasteiger partial charge in [-0.15, -0.1) is 0 Å². The molecule has 3 rings (SSSR count). The third-order valence-electron chi connectivity index (χ3n) is 4.40. The molecule has 0 radical (unpaired) electrons. The predicted molar refractivity (Wildman–Crippen MR) is 91.7 cm³/mol. The Bertz CT molecular complexity index is 571. The van der Waals surface area contributed by atoms with Crippen molar-refractivity contribution in [1.29, 1.82) is 0 Å². The van der Waals surface area contributed by atoms with Crippen LogP contribution >= 0.6 is 11.8 Å². The highest BCUT2D eigenvalue weighted by molar-refractivity contribution is 7.99. The lowest BCUT2D eigenvalue weighted by Gasteiger charge is -2.31. The smallest absolute Gasteiger partial charge is 0.243 e. The molecule has 1 aromatic carbocycles. The Balaban J connectivity index is 1.83. The Kier molecular flexibility index (Phi) is 5.44. The first-order chi connectivity index (χ1) is 10.7. The topological polar surface area (TPSA) is 40.6 Å². The maximum Gasteiger partial charge on any atom is 0.243 e. The van der Waals surface area contributed by atoms with Gasteiger partial charge in [-0.25, -0.2) is 8.42 Å². The lowest BCUT2D eigenvalue weighted by atomic mass is 10.3. The van der Waals surface area contributed by atoms with Gasteiger partial charge in [-0.3, -0.25) is 0 Å². The number of likely N-dealkylation sites (tertiary alicyclic amines) is 1. The Labute approximate surface area is 137 Å². The molecule has 0 bridgehead atoms. The first-order valence-electron chi connectivity index (χ1n) is 8.05. The molecule has 0 unspecified atom stereocenters. The summed E-state index contributed by atoms with van der Waals surface area (Å²) in [6.07, 6.45) is 3.42. The summed E-state index contributed by atoms with van der Waals surface area (Å²) in [5, 5.41) is 0. The average Bonchev–Trinajstić information content (AvgIpc) is 2.92. The van der Waals surface area contributed by atoms with Gasteiger partial charge in [-0.05, 0) is 50.2 Å². The van der Waals surface area contributed by atoms with Gasteiger partial charge in [0, 0.05) is 24.9 Å². The number of nitrogens with zero attached hydrogens (tertiary/aromatic N) is 2. The number of benzene rings is 1. The van der Waals surface area contributed by atoms with Gasteiger partial charge in [0.05, 0.1) is 4.90 Å². The van der Waals surface area contributed by atoms with Gasteiger partial charge >= 0.3 is 0 Å². The van der Waals surface area contributed by atoms with Crippen LogP contribution in [0.1, 0.15) is 19.3 Å². The van der Waals surface area contributed by atoms with E-state index in [1.807, 2.05) is 17.8 Å². The van der Waals surface area contributed by atoms with E-state index in [0.29, 0.717) is 11.4 Å². The molecule has 0 N–H and O–H groups in total. The minimum atomic E-state index is -3.38. The third-order valence-corrected chi connectivity index (χ3v) is 7.57. The van der Waals surface area contributed by atoms with E-state index < -0.39 is 10.0 Å². The van der Waals surface area contributed by atoms with Gasteiger partial charge < -0.3 is 4.90 Å². The fraction of sp³-hybridized carbons (Fsp3) is 0.625. The molecule has 1 atom stereocenters. The molecular formula is C16H24N2O2S2. The molecule has 0 amide bonds. The zero-order valence-electron chi connectivity index (χ0n) is 12.9. The summed E-state index contributed by atoms with van der Waals surface area (Å²) in [6, 6.07) is 8.97. The summed E-state index contributed by atoms with van der Waals surface area (Å²) in [7, 11) is -3.38. The lowest BCUT2D eigenvalue weighted by molar-refractivity contribution is 0.243. The van der Waals surface area contributed by atoms with Crippen molar-refractivity contribution in [2.24, 2.45) is 0 Å². The number of rotatable bonds is 4. The summed E-state index contributed by atoms with van der Waals surface area (Å²) in [5.74, 6) is 1.96. The van der Waals surface area contributed by atoms with Crippen LogP contribution in [0, 0.1) is 0 Å². The second-order valence-electron chi connectivity index (χ2n) is 6.02. The molecule has 22 heavy (non-hydrogen) atoms. The van der Waals surface area contributed by atoms with Gasteiger partial charge in [0.15, 0.2) is 0 Å². The molecule has 1 aromatic rings. The minimum Gasteiger partial charge on any atom is -0.302 e. The number of hydrogen-bond donors (Lipinski definition) is 0. The molecule has 122 valence electrons. The molecule has 4 nitrogen and oxygen atoms in total. The van der Waals surface area contributed by atoms with Crippen LogP contribution in [0.3, 0.4) is 0 Å². The highest BCUT2D eigenvalue weighted by Gasteiger charge is 2.33. The van der Waals surface area contributed by atoms with Crippen molar-refractivity contribution in [2.45, 2.75) is 30.2 Å². The number of hydrogen-bond acceptors (Lipinski definition) is 4. The van der Waals surface area contributed by atoms with Crippen molar-refractivity contribution in [3.8, 4) is 0 Å². The molecule has 0 aromatic heterocycles. The molecule has 2 heterocycles. The summed E-state index contributed by atoms with van der Waals surface area (Å²) >= 11 is 1.89. The molecular weight excluding hydrogens is 316 g/mol. The number of sulfonamides is 1. The van der Waals surface area contributed by atoms with E-state index in [-0.39, 0.29) is 6.04 Å². The zero-order valence-corrected chi connectivity index (χ0v) is 14.5. The summed E-state index contributed by atoms with van der Waals surface area (Å²) < 4.78 is 27.8. The highest BCUT2D eigenvalue weighted by Crippen LogP contribution is 2.25. The minimum absolute atomic E-state index is 0.0933. The van der Waals surface area contributed by atoms with E-state index in [0.717, 1.165) is 37.6 Å². The SMILES string of the molecule is O=S(=O)(c1ccccc1)N1CCCSC[C@@H]1CN1CCCC1. The largest absolute Gasteiger partial charge is 0.302 e. The Hall–Kier alpha value is -0.560. The molecule has 0 saturated carbocycles. The van der Waals surface area contributed by atoms with Crippen molar-refractivity contribution < 1.29 is 8.42 Å². The second-order valence-corrected chi connectivity index (χ2v) is 9.06. The van der Waals surface area contributed by atoms with Gasteiger partial charge in [0.25, 0.3) is 0 Å². The standard InChI is InChI=1S/C16H24N2O2S2/c19-22(20,16-7-2-1-3-8-16)18-11-6-12-21-14-15(18)13-17-9-4-5-10-17/h1-3,7-8,15H,4-6,9-14H2/t15-/m0/s1. The number of thioether (sulfide) groups is 1. The maximum atomic E-state index is 13.0. The fourth-order valence-corrected chi connectivity index (χ4v) is 6.09. The maximum absolute atomic E-state index is 13.0. The molecule has 2 saturated heterocycles. The summed E-state index contributed by atoms with van der Waals surface area (Å²) in [5.41, 5.74) is 0. The van der Waals surface area contributed by atoms with Crippen LogP contribution in [0.25, 0.3) is 0 Å². The van der Waals surface area contributed by atoms with Crippen LogP contribution in [0.4, 0.5) is 0 Å². The summed E-state index contributed by atoms with van der Waals surface area (Å²) in [6.45, 7) is 3.74. The molecule has 6 heteroatoms. The fourth-order valence-electron chi connectivity index (χ4n) is 3.26. The highest BCUT2D eigenvalue weighted by atomic mass is 32.2. The molecule has 2 aliphatic heterocycles. The van der Waals surface area contributed by atoms with Crippen molar-refractivity contribution in [1.82, 2.24) is 9.21 Å². The Morgan fingerprint density at radius 3 is 2.50 bits per heavy atom. The van der Waals surface area contributed by atoms with E-state index in [4.69, 9.17) is 0 Å². The van der Waals surface area contributed by atoms with Gasteiger partial charge in [-0.1, -0.05) is 18.2 Å². The normalized spacial score (nSPS) is 25.2. The van der Waals surface area contributed by atoms with Crippen LogP contribution in [0.5, 0.6) is 0 Å². The third kappa shape index (κ3) is 3.67. The van der Waals surface area contributed by atoms with Gasteiger partial charge in [0.2, 0.25) is 10.0 Å². The van der Waals surface area contributed by atoms with E-state index in [1.54, 1.807) is 28.6 Å². The zero-order chi connectivity index (χ0) is 15.4. The van der Waals surface area contributed by atoms with E-state index in [2.05, 4.69) is 4.90 Å². The molecule has 2 aliphatic rings. The van der Waals surface area contributed by atoms with Crippen LogP contribution in [0.2, 0.25) is 0 Å². The monoisotopic (exact) mass is 340 g/mol. The van der Waals surface area contributed by atoms with E-state index in [9.17, 15) is 8.42 Å². The van der Waals surface area contributed by atoms with Crippen molar-refractivity contribution >= 4 is 21.8 Å². The first-order valence-corrected chi connectivity index (χ1v) is 10.6. The van der Waals surface area contributed by atoms with Gasteiger partial charge in [0.1, 0.15) is 0 Å². The molecule has 2 fully saturated rings. The molecule has 0 aliphatic carbocycles. The van der Waals surface area contributed by atoms with Crippen LogP contribution < -0.4 is 0 Å². The summed E-state index contributed by atoms with van der Waals surface area (Å²) in [4.78, 5) is 2.85. The van der Waals surface area contributed by atoms with Crippen molar-refractivity contribution in [3.63, 3.8) is 0 Å². The second kappa shape index (κ2) is 7.34. The van der Waals surface area contributed by atoms with Crippen molar-refractivity contribution in [2.75, 3.05) is 37.7 Å². The first kappa shape index (κ1) is 16.3. The Morgan fingerprint density at radius 1 is 1.05 bits per heavy atom.